The normalized spacial score (nSPS) is 22.3. The van der Waals surface area contributed by atoms with Crippen LogP contribution in [0, 0.1) is 23.5 Å². The quantitative estimate of drug-likeness (QED) is 0.523. The number of allylic oxidation sites excluding steroid dienone is 1. The van der Waals surface area contributed by atoms with Gasteiger partial charge in [-0.25, -0.2) is 8.78 Å². The number of aryl methyl sites for hydroxylation is 1. The van der Waals surface area contributed by atoms with Crippen molar-refractivity contribution < 1.29 is 8.78 Å². The molecule has 0 nitrogen and oxygen atoms in total. The zero-order valence-corrected chi connectivity index (χ0v) is 16.1. The Hall–Kier alpha value is -1.96. The molecule has 2 aliphatic rings. The second-order valence-electron chi connectivity index (χ2n) is 8.26. The van der Waals surface area contributed by atoms with Gasteiger partial charge in [0.15, 0.2) is 0 Å². The molecule has 4 rings (SSSR count). The van der Waals surface area contributed by atoms with Gasteiger partial charge in [-0.1, -0.05) is 43.5 Å². The Morgan fingerprint density at radius 2 is 1.67 bits per heavy atom. The summed E-state index contributed by atoms with van der Waals surface area (Å²) in [5, 5.41) is 0. The minimum atomic E-state index is -0.293. The van der Waals surface area contributed by atoms with E-state index in [1.807, 2.05) is 6.07 Å². The molecule has 1 fully saturated rings. The van der Waals surface area contributed by atoms with E-state index in [1.165, 1.54) is 61.8 Å². The molecule has 27 heavy (non-hydrogen) atoms. The Kier molecular flexibility index (Phi) is 5.43. The molecule has 0 saturated heterocycles. The SMILES string of the molecule is CCCC1CCC(C2=Cc3cc(F)c(-c4ccc(F)cc4)cc3CC2)CC1. The average molecular weight is 366 g/mol. The van der Waals surface area contributed by atoms with E-state index >= 15 is 0 Å². The topological polar surface area (TPSA) is 0 Å². The fourth-order valence-corrected chi connectivity index (χ4v) is 4.94. The summed E-state index contributed by atoms with van der Waals surface area (Å²) in [5.74, 6) is 1.09. The highest BCUT2D eigenvalue weighted by Crippen LogP contribution is 2.40. The van der Waals surface area contributed by atoms with E-state index < -0.39 is 0 Å². The number of hydrogen-bond acceptors (Lipinski definition) is 0. The minimum absolute atomic E-state index is 0.218. The maximum atomic E-state index is 14.7. The first kappa shape index (κ1) is 18.4. The summed E-state index contributed by atoms with van der Waals surface area (Å²) in [7, 11) is 0. The van der Waals surface area contributed by atoms with Crippen LogP contribution < -0.4 is 0 Å². The molecule has 142 valence electrons. The Labute approximate surface area is 161 Å². The molecule has 0 atom stereocenters. The Bertz CT molecular complexity index is 824. The molecular formula is C25H28F2. The predicted molar refractivity (Wildman–Crippen MR) is 108 cm³/mol. The van der Waals surface area contributed by atoms with Gasteiger partial charge in [0.1, 0.15) is 11.6 Å². The number of halogens is 2. The standard InChI is InChI=1S/C25H28F2/c1-2-3-17-4-6-18(7-5-17)20-8-9-21-15-24(25(27)16-22(21)14-20)19-10-12-23(26)13-11-19/h10-18H,2-9H2,1H3. The molecule has 2 aliphatic carbocycles. The van der Waals surface area contributed by atoms with Crippen molar-refractivity contribution in [3.63, 3.8) is 0 Å². The molecule has 2 heteroatoms. The van der Waals surface area contributed by atoms with Crippen molar-refractivity contribution in [1.29, 1.82) is 0 Å². The van der Waals surface area contributed by atoms with E-state index in [-0.39, 0.29) is 11.6 Å². The molecule has 0 spiro atoms. The summed E-state index contributed by atoms with van der Waals surface area (Å²) in [5.41, 5.74) is 5.08. The van der Waals surface area contributed by atoms with E-state index in [0.717, 1.165) is 29.9 Å². The second kappa shape index (κ2) is 7.96. The fraction of sp³-hybridized carbons (Fsp3) is 0.440. The van der Waals surface area contributed by atoms with Crippen LogP contribution in [-0.2, 0) is 6.42 Å². The first-order chi connectivity index (χ1) is 13.1. The largest absolute Gasteiger partial charge is 0.207 e. The molecule has 0 heterocycles. The molecule has 0 aromatic heterocycles. The van der Waals surface area contributed by atoms with Crippen LogP contribution in [0.1, 0.15) is 63.0 Å². The van der Waals surface area contributed by atoms with Gasteiger partial charge in [-0.3, -0.25) is 0 Å². The Morgan fingerprint density at radius 3 is 2.37 bits per heavy atom. The highest BCUT2D eigenvalue weighted by atomic mass is 19.1. The van der Waals surface area contributed by atoms with E-state index in [0.29, 0.717) is 11.5 Å². The van der Waals surface area contributed by atoms with Gasteiger partial charge in [-0.05, 0) is 91.3 Å². The van der Waals surface area contributed by atoms with Crippen LogP contribution in [0.2, 0.25) is 0 Å². The molecule has 0 amide bonds. The van der Waals surface area contributed by atoms with Crippen LogP contribution in [0.25, 0.3) is 17.2 Å². The van der Waals surface area contributed by atoms with E-state index in [4.69, 9.17) is 0 Å². The number of benzene rings is 2. The highest BCUT2D eigenvalue weighted by Gasteiger charge is 2.25. The maximum absolute atomic E-state index is 14.7. The van der Waals surface area contributed by atoms with Gasteiger partial charge < -0.3 is 0 Å². The Balaban J connectivity index is 1.55. The molecule has 2 aromatic carbocycles. The van der Waals surface area contributed by atoms with Crippen molar-refractivity contribution >= 4 is 6.08 Å². The number of rotatable bonds is 4. The highest BCUT2D eigenvalue weighted by molar-refractivity contribution is 5.70. The van der Waals surface area contributed by atoms with Gasteiger partial charge in [-0.15, -0.1) is 0 Å². The third kappa shape index (κ3) is 4.00. The van der Waals surface area contributed by atoms with E-state index in [1.54, 1.807) is 18.2 Å². The fourth-order valence-electron chi connectivity index (χ4n) is 4.94. The van der Waals surface area contributed by atoms with Crippen LogP contribution in [0.5, 0.6) is 0 Å². The zero-order chi connectivity index (χ0) is 18.8. The lowest BCUT2D eigenvalue weighted by molar-refractivity contribution is 0.283. The maximum Gasteiger partial charge on any atom is 0.131 e. The van der Waals surface area contributed by atoms with Gasteiger partial charge in [0.05, 0.1) is 0 Å². The molecule has 2 aromatic rings. The third-order valence-electron chi connectivity index (χ3n) is 6.48. The number of hydrogen-bond donors (Lipinski definition) is 0. The first-order valence-corrected chi connectivity index (χ1v) is 10.4. The molecule has 0 aliphatic heterocycles. The molecule has 1 saturated carbocycles. The van der Waals surface area contributed by atoms with Crippen molar-refractivity contribution in [2.45, 2.75) is 58.3 Å². The molecule has 0 N–H and O–H groups in total. The lowest BCUT2D eigenvalue weighted by atomic mass is 9.74. The van der Waals surface area contributed by atoms with Gasteiger partial charge in [0.2, 0.25) is 0 Å². The van der Waals surface area contributed by atoms with Crippen molar-refractivity contribution in [2.75, 3.05) is 0 Å². The van der Waals surface area contributed by atoms with Crippen molar-refractivity contribution in [1.82, 2.24) is 0 Å². The van der Waals surface area contributed by atoms with Gasteiger partial charge in [0, 0.05) is 5.56 Å². The summed E-state index contributed by atoms with van der Waals surface area (Å²) in [6, 6.07) is 9.72. The molecule has 0 radical (unpaired) electrons. The van der Waals surface area contributed by atoms with Crippen LogP contribution in [0.3, 0.4) is 0 Å². The van der Waals surface area contributed by atoms with Gasteiger partial charge in [-0.2, -0.15) is 0 Å². The summed E-state index contributed by atoms with van der Waals surface area (Å²) in [6.07, 6.45) is 12.3. The third-order valence-corrected chi connectivity index (χ3v) is 6.48. The van der Waals surface area contributed by atoms with Crippen molar-refractivity contribution in [2.24, 2.45) is 11.8 Å². The lowest BCUT2D eigenvalue weighted by Crippen LogP contribution is -2.18. The van der Waals surface area contributed by atoms with Crippen LogP contribution in [0.15, 0.2) is 42.0 Å². The molecule has 0 bridgehead atoms. The van der Waals surface area contributed by atoms with Gasteiger partial charge >= 0.3 is 0 Å². The molecular weight excluding hydrogens is 338 g/mol. The Morgan fingerprint density at radius 1 is 0.926 bits per heavy atom. The van der Waals surface area contributed by atoms with E-state index in [9.17, 15) is 8.78 Å². The summed E-state index contributed by atoms with van der Waals surface area (Å²) in [6.45, 7) is 2.28. The monoisotopic (exact) mass is 366 g/mol. The van der Waals surface area contributed by atoms with Crippen LogP contribution in [0.4, 0.5) is 8.78 Å². The zero-order valence-electron chi connectivity index (χ0n) is 16.1. The smallest absolute Gasteiger partial charge is 0.131 e. The number of fused-ring (bicyclic) bond motifs is 1. The average Bonchev–Trinajstić information content (AvgIpc) is 2.69. The van der Waals surface area contributed by atoms with E-state index in [2.05, 4.69) is 13.0 Å². The predicted octanol–water partition coefficient (Wildman–Crippen LogP) is 7.57. The van der Waals surface area contributed by atoms with Crippen LogP contribution in [-0.4, -0.2) is 0 Å². The van der Waals surface area contributed by atoms with Gasteiger partial charge in [0.25, 0.3) is 0 Å². The van der Waals surface area contributed by atoms with Crippen molar-refractivity contribution in [3.8, 4) is 11.1 Å². The minimum Gasteiger partial charge on any atom is -0.207 e. The first-order valence-electron chi connectivity index (χ1n) is 10.4. The lowest BCUT2D eigenvalue weighted by Gasteiger charge is -2.32. The second-order valence-corrected chi connectivity index (χ2v) is 8.26. The van der Waals surface area contributed by atoms with Crippen LogP contribution >= 0.6 is 0 Å². The summed E-state index contributed by atoms with van der Waals surface area (Å²) >= 11 is 0. The molecule has 0 unspecified atom stereocenters. The van der Waals surface area contributed by atoms with Crippen molar-refractivity contribution in [3.05, 3.63) is 64.7 Å². The summed E-state index contributed by atoms with van der Waals surface area (Å²) in [4.78, 5) is 0. The summed E-state index contributed by atoms with van der Waals surface area (Å²) < 4.78 is 27.9.